The van der Waals surface area contributed by atoms with E-state index in [4.69, 9.17) is 4.74 Å². The second-order valence-corrected chi connectivity index (χ2v) is 7.40. The zero-order chi connectivity index (χ0) is 12.9. The molecule has 1 aliphatic rings. The molecule has 17 heavy (non-hydrogen) atoms. The van der Waals surface area contributed by atoms with Gasteiger partial charge in [-0.2, -0.15) is 23.5 Å². The number of hydrogen-bond donors (Lipinski definition) is 0. The zero-order valence-electron chi connectivity index (χ0n) is 10.7. The number of thioether (sulfide) groups is 2. The van der Waals surface area contributed by atoms with Gasteiger partial charge in [0, 0.05) is 17.3 Å². The van der Waals surface area contributed by atoms with Crippen LogP contribution >= 0.6 is 23.5 Å². The van der Waals surface area contributed by atoms with Gasteiger partial charge in [-0.3, -0.25) is 4.79 Å². The fourth-order valence-corrected chi connectivity index (χ4v) is 4.16. The van der Waals surface area contributed by atoms with Gasteiger partial charge in [0.1, 0.15) is 11.9 Å². The minimum absolute atomic E-state index is 0.103. The van der Waals surface area contributed by atoms with Crippen LogP contribution in [0.4, 0.5) is 0 Å². The molecule has 98 valence electrons. The van der Waals surface area contributed by atoms with E-state index in [-0.39, 0.29) is 11.4 Å². The number of aldehydes is 1. The van der Waals surface area contributed by atoms with Crippen LogP contribution in [0.25, 0.3) is 0 Å². The van der Waals surface area contributed by atoms with Gasteiger partial charge in [0.2, 0.25) is 0 Å². The molecular weight excluding hydrogens is 256 g/mol. The number of ether oxygens (including phenoxy) is 1. The maximum Gasteiger partial charge on any atom is 0.314 e. The van der Waals surface area contributed by atoms with Crippen molar-refractivity contribution in [3.63, 3.8) is 0 Å². The van der Waals surface area contributed by atoms with E-state index in [1.165, 1.54) is 11.8 Å². The molecule has 1 aliphatic heterocycles. The molecule has 1 unspecified atom stereocenters. The molecule has 1 fully saturated rings. The Morgan fingerprint density at radius 2 is 2.24 bits per heavy atom. The number of rotatable bonds is 5. The third-order valence-corrected chi connectivity index (χ3v) is 4.88. The monoisotopic (exact) mass is 276 g/mol. The van der Waals surface area contributed by atoms with Crippen molar-refractivity contribution in [2.24, 2.45) is 5.41 Å². The van der Waals surface area contributed by atoms with E-state index in [2.05, 4.69) is 0 Å². The molecule has 0 amide bonds. The molecule has 0 spiro atoms. The van der Waals surface area contributed by atoms with Gasteiger partial charge in [0.15, 0.2) is 0 Å². The Kier molecular flexibility index (Phi) is 5.38. The van der Waals surface area contributed by atoms with Gasteiger partial charge in [-0.05, 0) is 32.9 Å². The molecule has 5 heteroatoms. The largest absolute Gasteiger partial charge is 0.459 e. The summed E-state index contributed by atoms with van der Waals surface area (Å²) in [5.41, 5.74) is -0.821. The Balaban J connectivity index is 2.63. The van der Waals surface area contributed by atoms with Crippen LogP contribution in [0.2, 0.25) is 0 Å². The quantitative estimate of drug-likeness (QED) is 0.438. The molecule has 0 aromatic carbocycles. The molecular formula is C12H20O3S2. The van der Waals surface area contributed by atoms with E-state index in [1.807, 2.05) is 20.8 Å². The molecule has 1 atom stereocenters. The predicted octanol–water partition coefficient (Wildman–Crippen LogP) is 2.38. The van der Waals surface area contributed by atoms with Gasteiger partial charge in [-0.1, -0.05) is 0 Å². The lowest BCUT2D eigenvalue weighted by molar-refractivity contribution is -0.164. The first-order chi connectivity index (χ1) is 7.90. The standard InChI is InChI=1S/C12H20O3S2/c1-11(2,3)15-10(14)12(4-6-16-8-12)9-17-7-5-13/h5H,4,6-9H2,1-3H3. The highest BCUT2D eigenvalue weighted by molar-refractivity contribution is 8.00. The lowest BCUT2D eigenvalue weighted by atomic mass is 9.90. The topological polar surface area (TPSA) is 43.4 Å². The van der Waals surface area contributed by atoms with Gasteiger partial charge < -0.3 is 9.53 Å². The molecule has 1 rings (SSSR count). The van der Waals surface area contributed by atoms with Crippen LogP contribution in [0.1, 0.15) is 27.2 Å². The smallest absolute Gasteiger partial charge is 0.314 e. The highest BCUT2D eigenvalue weighted by Gasteiger charge is 2.44. The van der Waals surface area contributed by atoms with Crippen LogP contribution in [0.15, 0.2) is 0 Å². The molecule has 0 aromatic heterocycles. The normalized spacial score (nSPS) is 24.6. The fourth-order valence-electron chi connectivity index (χ4n) is 1.63. The van der Waals surface area contributed by atoms with E-state index >= 15 is 0 Å². The lowest BCUT2D eigenvalue weighted by Gasteiger charge is -2.30. The average molecular weight is 276 g/mol. The van der Waals surface area contributed by atoms with E-state index < -0.39 is 5.60 Å². The molecule has 1 saturated heterocycles. The van der Waals surface area contributed by atoms with Crippen LogP contribution in [-0.4, -0.2) is 40.9 Å². The maximum atomic E-state index is 12.2. The van der Waals surface area contributed by atoms with Crippen molar-refractivity contribution in [2.75, 3.05) is 23.0 Å². The molecule has 0 aromatic rings. The third-order valence-electron chi connectivity index (χ3n) is 2.50. The lowest BCUT2D eigenvalue weighted by Crippen LogP contribution is -2.39. The zero-order valence-corrected chi connectivity index (χ0v) is 12.3. The third kappa shape index (κ3) is 4.54. The summed E-state index contributed by atoms with van der Waals surface area (Å²) in [5.74, 6) is 2.85. The van der Waals surface area contributed by atoms with Crippen LogP contribution < -0.4 is 0 Å². The minimum Gasteiger partial charge on any atom is -0.459 e. The minimum atomic E-state index is -0.438. The summed E-state index contributed by atoms with van der Waals surface area (Å²) in [7, 11) is 0. The van der Waals surface area contributed by atoms with Crippen molar-refractivity contribution in [3.05, 3.63) is 0 Å². The first-order valence-corrected chi connectivity index (χ1v) is 8.03. The molecule has 0 aliphatic carbocycles. The maximum absolute atomic E-state index is 12.2. The Morgan fingerprint density at radius 1 is 1.53 bits per heavy atom. The fraction of sp³-hybridized carbons (Fsp3) is 0.833. The summed E-state index contributed by atoms with van der Waals surface area (Å²) in [6, 6.07) is 0. The Bertz CT molecular complexity index is 278. The van der Waals surface area contributed by atoms with E-state index in [0.29, 0.717) is 11.5 Å². The molecule has 0 radical (unpaired) electrons. The van der Waals surface area contributed by atoms with Crippen LogP contribution in [0.5, 0.6) is 0 Å². The Hall–Kier alpha value is -0.160. The summed E-state index contributed by atoms with van der Waals surface area (Å²) in [5, 5.41) is 0. The number of hydrogen-bond acceptors (Lipinski definition) is 5. The highest BCUT2D eigenvalue weighted by atomic mass is 32.2. The second-order valence-electron chi connectivity index (χ2n) is 5.27. The van der Waals surface area contributed by atoms with E-state index in [1.54, 1.807) is 11.8 Å². The van der Waals surface area contributed by atoms with Crippen LogP contribution in [0.3, 0.4) is 0 Å². The van der Waals surface area contributed by atoms with Gasteiger partial charge in [0.05, 0.1) is 5.41 Å². The average Bonchev–Trinajstić information content (AvgIpc) is 2.65. The molecule has 0 N–H and O–H groups in total. The summed E-state index contributed by atoms with van der Waals surface area (Å²) in [4.78, 5) is 22.6. The van der Waals surface area contributed by atoms with Gasteiger partial charge in [0.25, 0.3) is 0 Å². The predicted molar refractivity (Wildman–Crippen MR) is 73.6 cm³/mol. The van der Waals surface area contributed by atoms with Gasteiger partial charge in [-0.25, -0.2) is 0 Å². The number of esters is 1. The SMILES string of the molecule is CC(C)(C)OC(=O)C1(CSCC=O)CCSC1. The van der Waals surface area contributed by atoms with Crippen molar-refractivity contribution < 1.29 is 14.3 Å². The van der Waals surface area contributed by atoms with Crippen molar-refractivity contribution in [2.45, 2.75) is 32.8 Å². The first-order valence-electron chi connectivity index (χ1n) is 5.72. The molecule has 1 heterocycles. The van der Waals surface area contributed by atoms with Gasteiger partial charge in [-0.15, -0.1) is 0 Å². The van der Waals surface area contributed by atoms with Crippen LogP contribution in [-0.2, 0) is 14.3 Å². The van der Waals surface area contributed by atoms with Crippen LogP contribution in [0, 0.1) is 5.41 Å². The Labute approximate surface area is 111 Å². The summed E-state index contributed by atoms with van der Waals surface area (Å²) >= 11 is 3.31. The summed E-state index contributed by atoms with van der Waals surface area (Å²) < 4.78 is 5.50. The molecule has 0 bridgehead atoms. The number of carbonyl (C=O) groups is 2. The molecule has 0 saturated carbocycles. The first kappa shape index (κ1) is 14.9. The Morgan fingerprint density at radius 3 is 2.71 bits per heavy atom. The highest BCUT2D eigenvalue weighted by Crippen LogP contribution is 2.40. The van der Waals surface area contributed by atoms with Crippen molar-refractivity contribution in [1.82, 2.24) is 0 Å². The van der Waals surface area contributed by atoms with Gasteiger partial charge >= 0.3 is 5.97 Å². The number of carbonyl (C=O) groups excluding carboxylic acids is 2. The van der Waals surface area contributed by atoms with Crippen molar-refractivity contribution in [3.8, 4) is 0 Å². The van der Waals surface area contributed by atoms with E-state index in [0.717, 1.165) is 24.2 Å². The second kappa shape index (κ2) is 6.14. The van der Waals surface area contributed by atoms with Crippen molar-refractivity contribution >= 4 is 35.8 Å². The summed E-state index contributed by atoms with van der Waals surface area (Å²) in [6.07, 6.45) is 1.74. The summed E-state index contributed by atoms with van der Waals surface area (Å²) in [6.45, 7) is 5.66. The van der Waals surface area contributed by atoms with Crippen molar-refractivity contribution in [1.29, 1.82) is 0 Å². The molecule has 3 nitrogen and oxygen atoms in total. The van der Waals surface area contributed by atoms with E-state index in [9.17, 15) is 9.59 Å².